The van der Waals surface area contributed by atoms with E-state index in [0.29, 0.717) is 22.8 Å². The fourth-order valence-corrected chi connectivity index (χ4v) is 5.18. The Morgan fingerprint density at radius 3 is 1.94 bits per heavy atom. The number of allylic oxidation sites excluding steroid dienone is 5. The van der Waals surface area contributed by atoms with Gasteiger partial charge in [0.15, 0.2) is 5.71 Å². The number of hydrogen-bond donors (Lipinski definition) is 1. The molecule has 0 aliphatic heterocycles. The Labute approximate surface area is 201 Å². The average Bonchev–Trinajstić information content (AvgIpc) is 2.80. The summed E-state index contributed by atoms with van der Waals surface area (Å²) < 4.78 is 71.3. The second-order valence-electron chi connectivity index (χ2n) is 7.73. The van der Waals surface area contributed by atoms with Crippen LogP contribution in [0.25, 0.3) is 5.57 Å². The van der Waals surface area contributed by atoms with Crippen molar-refractivity contribution in [2.75, 3.05) is 13.1 Å². The third kappa shape index (κ3) is 5.61. The molecule has 0 unspecified atom stereocenters. The van der Waals surface area contributed by atoms with Gasteiger partial charge in [0.1, 0.15) is 23.2 Å². The molecule has 1 N–H and O–H groups in total. The van der Waals surface area contributed by atoms with Crippen molar-refractivity contribution in [3.63, 3.8) is 0 Å². The first kappa shape index (κ1) is 25.8. The van der Waals surface area contributed by atoms with Gasteiger partial charge in [-0.1, -0.05) is 37.3 Å². The van der Waals surface area contributed by atoms with Gasteiger partial charge < -0.3 is 4.55 Å². The van der Waals surface area contributed by atoms with E-state index in [9.17, 15) is 25.9 Å². The van der Waals surface area contributed by atoms with Crippen LogP contribution in [0.3, 0.4) is 0 Å². The molecule has 0 bridgehead atoms. The summed E-state index contributed by atoms with van der Waals surface area (Å²) in [5.74, 6) is 0. The molecule has 0 fully saturated rings. The molecule has 1 aliphatic rings. The number of benzene rings is 2. The van der Waals surface area contributed by atoms with E-state index in [4.69, 9.17) is 0 Å². The van der Waals surface area contributed by atoms with Crippen molar-refractivity contribution in [1.82, 2.24) is 0 Å². The Morgan fingerprint density at radius 1 is 0.882 bits per heavy atom. The van der Waals surface area contributed by atoms with Crippen molar-refractivity contribution in [3.05, 3.63) is 89.0 Å². The fourth-order valence-electron chi connectivity index (χ4n) is 3.89. The molecule has 0 spiro atoms. The monoisotopic (exact) mass is 501 g/mol. The zero-order valence-electron chi connectivity index (χ0n) is 19.2. The minimum absolute atomic E-state index is 0.0576. The summed E-state index contributed by atoms with van der Waals surface area (Å²) in [4.78, 5) is -1.38. The minimum Gasteiger partial charge on any atom is -0.744 e. The average molecular weight is 502 g/mol. The van der Waals surface area contributed by atoms with E-state index in [1.807, 2.05) is 69.3 Å². The van der Waals surface area contributed by atoms with Gasteiger partial charge in [0, 0.05) is 17.7 Å². The van der Waals surface area contributed by atoms with Gasteiger partial charge in [-0.05, 0) is 66.8 Å². The first-order chi connectivity index (χ1) is 16.0. The summed E-state index contributed by atoms with van der Waals surface area (Å²) in [6.07, 6.45) is 8.34. The quantitative estimate of drug-likeness (QED) is 0.456. The van der Waals surface area contributed by atoms with Gasteiger partial charge in [0.25, 0.3) is 10.1 Å². The van der Waals surface area contributed by atoms with E-state index >= 15 is 0 Å². The molecule has 34 heavy (non-hydrogen) atoms. The van der Waals surface area contributed by atoms with Crippen LogP contribution in [-0.4, -0.2) is 49.3 Å². The van der Waals surface area contributed by atoms with E-state index in [2.05, 4.69) is 4.58 Å². The van der Waals surface area contributed by atoms with Crippen molar-refractivity contribution in [2.45, 2.75) is 37.0 Å². The Hall–Kier alpha value is -2.85. The van der Waals surface area contributed by atoms with Gasteiger partial charge in [-0.2, -0.15) is 8.42 Å². The lowest BCUT2D eigenvalue weighted by Gasteiger charge is -2.19. The van der Waals surface area contributed by atoms with Crippen LogP contribution in [0.4, 0.5) is 0 Å². The Morgan fingerprint density at radius 2 is 1.47 bits per heavy atom. The molecule has 0 heterocycles. The number of rotatable bonds is 7. The van der Waals surface area contributed by atoms with Crippen LogP contribution in [0.5, 0.6) is 0 Å². The minimum atomic E-state index is -5.07. The van der Waals surface area contributed by atoms with Crippen molar-refractivity contribution in [1.29, 1.82) is 0 Å². The lowest BCUT2D eigenvalue weighted by Crippen LogP contribution is -2.19. The molecule has 3 rings (SSSR count). The van der Waals surface area contributed by atoms with Crippen LogP contribution in [0.2, 0.25) is 0 Å². The maximum Gasteiger partial charge on any atom is 0.294 e. The number of aryl methyl sites for hydroxylation is 1. The normalized spacial score (nSPS) is 13.9. The zero-order chi connectivity index (χ0) is 25.1. The van der Waals surface area contributed by atoms with E-state index in [0.717, 1.165) is 36.9 Å². The van der Waals surface area contributed by atoms with Crippen molar-refractivity contribution < 1.29 is 30.5 Å². The van der Waals surface area contributed by atoms with Gasteiger partial charge in [-0.25, -0.2) is 13.0 Å². The summed E-state index contributed by atoms with van der Waals surface area (Å²) in [7, 11) is -9.78. The number of hydrogen-bond acceptors (Lipinski definition) is 5. The predicted octanol–water partition coefficient (Wildman–Crippen LogP) is 3.82. The van der Waals surface area contributed by atoms with Gasteiger partial charge in [-0.15, -0.1) is 0 Å². The predicted molar refractivity (Wildman–Crippen MR) is 131 cm³/mol. The summed E-state index contributed by atoms with van der Waals surface area (Å²) in [6, 6.07) is 10.5. The molecule has 2 aromatic rings. The lowest BCUT2D eigenvalue weighted by atomic mass is 9.90. The van der Waals surface area contributed by atoms with Crippen LogP contribution < -0.4 is 0 Å². The third-order valence-corrected chi connectivity index (χ3v) is 7.45. The molecule has 0 saturated heterocycles. The van der Waals surface area contributed by atoms with Gasteiger partial charge in [-0.3, -0.25) is 4.55 Å². The highest BCUT2D eigenvalue weighted by atomic mass is 32.2. The van der Waals surface area contributed by atoms with Crippen LogP contribution in [0.1, 0.15) is 37.5 Å². The van der Waals surface area contributed by atoms with E-state index in [1.54, 1.807) is 0 Å². The highest BCUT2D eigenvalue weighted by Gasteiger charge is 2.22. The largest absolute Gasteiger partial charge is 0.744 e. The second-order valence-corrected chi connectivity index (χ2v) is 10.5. The fraction of sp³-hybridized carbons (Fsp3) is 0.240. The number of nitrogens with zero attached hydrogens (tertiary/aromatic N) is 1. The van der Waals surface area contributed by atoms with Gasteiger partial charge >= 0.3 is 0 Å². The summed E-state index contributed by atoms with van der Waals surface area (Å²) in [5.41, 5.74) is 3.92. The third-order valence-electron chi connectivity index (χ3n) is 5.73. The standard InChI is InChI=1S/C25H27NO6S2/c1-4-18-7-9-19(10-8-18)25(20-11-13-21(14-12-20)26(5-2)6-3)23-16-15-22(33(27,28)29)17-24(23)34(30,31)32/h7-17H,4-6H2,1-3H3,(H-,27,28,29,30,31,32). The van der Waals surface area contributed by atoms with Crippen LogP contribution in [0, 0.1) is 0 Å². The summed E-state index contributed by atoms with van der Waals surface area (Å²) >= 11 is 0. The Kier molecular flexibility index (Phi) is 7.72. The van der Waals surface area contributed by atoms with Crippen LogP contribution in [-0.2, 0) is 26.7 Å². The smallest absolute Gasteiger partial charge is 0.294 e. The maximum absolute atomic E-state index is 12.2. The molecule has 180 valence electrons. The summed E-state index contributed by atoms with van der Waals surface area (Å²) in [6.45, 7) is 7.75. The highest BCUT2D eigenvalue weighted by molar-refractivity contribution is 7.86. The first-order valence-corrected chi connectivity index (χ1v) is 13.7. The molecular formula is C25H27NO6S2. The van der Waals surface area contributed by atoms with Crippen molar-refractivity contribution >= 4 is 31.5 Å². The molecule has 2 aromatic carbocycles. The molecule has 9 heteroatoms. The topological polar surface area (TPSA) is 115 Å². The highest BCUT2D eigenvalue weighted by Crippen LogP contribution is 2.35. The van der Waals surface area contributed by atoms with E-state index in [-0.39, 0.29) is 5.56 Å². The molecule has 0 radical (unpaired) electrons. The molecule has 0 aromatic heterocycles. The van der Waals surface area contributed by atoms with Crippen LogP contribution in [0.15, 0.2) is 82.1 Å². The second kappa shape index (κ2) is 10.2. The Bertz CT molecular complexity index is 1400. The van der Waals surface area contributed by atoms with E-state index < -0.39 is 30.0 Å². The zero-order valence-corrected chi connectivity index (χ0v) is 20.9. The molecule has 0 saturated carbocycles. The molecule has 1 aliphatic carbocycles. The first-order valence-electron chi connectivity index (χ1n) is 10.9. The summed E-state index contributed by atoms with van der Waals surface area (Å²) in [5, 5.41) is 0. The molecule has 7 nitrogen and oxygen atoms in total. The molecular weight excluding hydrogens is 474 g/mol. The van der Waals surface area contributed by atoms with Crippen molar-refractivity contribution in [3.8, 4) is 0 Å². The van der Waals surface area contributed by atoms with Crippen molar-refractivity contribution in [2.24, 2.45) is 0 Å². The van der Waals surface area contributed by atoms with Gasteiger partial charge in [0.05, 0.1) is 9.79 Å². The Balaban J connectivity index is 2.35. The van der Waals surface area contributed by atoms with Crippen LogP contribution >= 0.6 is 0 Å². The lowest BCUT2D eigenvalue weighted by molar-refractivity contribution is -0.519. The van der Waals surface area contributed by atoms with Gasteiger partial charge in [0.2, 0.25) is 0 Å². The van der Waals surface area contributed by atoms with E-state index in [1.165, 1.54) is 6.07 Å². The molecule has 0 atom stereocenters. The maximum atomic E-state index is 12.2. The molecule has 0 amide bonds. The SMILES string of the molecule is CCc1ccc(C(=C2C=CC(=[N+](CC)CC)C=C2)c2ccc(S(=O)(=O)O)cc2S(=O)(=O)[O-])cc1.